The van der Waals surface area contributed by atoms with E-state index in [0.717, 1.165) is 59.2 Å². The van der Waals surface area contributed by atoms with Gasteiger partial charge in [-0.05, 0) is 56.3 Å². The Balaban J connectivity index is 1.30. The van der Waals surface area contributed by atoms with Gasteiger partial charge < -0.3 is 20.7 Å². The minimum atomic E-state index is -0.228. The number of hydrogen-bond acceptors (Lipinski definition) is 7. The second kappa shape index (κ2) is 9.63. The molecule has 0 atom stereocenters. The van der Waals surface area contributed by atoms with Gasteiger partial charge in [-0.2, -0.15) is 5.10 Å². The first-order valence-electron chi connectivity index (χ1n) is 12.0. The number of H-pyrrole nitrogens is 1. The molecule has 36 heavy (non-hydrogen) atoms. The van der Waals surface area contributed by atoms with Gasteiger partial charge in [-0.3, -0.25) is 9.89 Å². The van der Waals surface area contributed by atoms with Gasteiger partial charge in [0.2, 0.25) is 5.95 Å². The number of para-hydroxylation sites is 2. The van der Waals surface area contributed by atoms with E-state index >= 15 is 0 Å². The van der Waals surface area contributed by atoms with E-state index < -0.39 is 0 Å². The van der Waals surface area contributed by atoms with Crippen molar-refractivity contribution in [3.8, 4) is 5.75 Å². The fraction of sp³-hybridized carbons (Fsp3) is 0.185. The normalized spacial score (nSPS) is 14.1. The summed E-state index contributed by atoms with van der Waals surface area (Å²) in [6.45, 7) is 1.90. The van der Waals surface area contributed by atoms with E-state index in [9.17, 15) is 4.79 Å². The molecule has 9 nitrogen and oxygen atoms in total. The second-order valence-electron chi connectivity index (χ2n) is 8.75. The molecule has 0 bridgehead atoms. The van der Waals surface area contributed by atoms with E-state index in [1.807, 2.05) is 54.6 Å². The van der Waals surface area contributed by atoms with Crippen molar-refractivity contribution in [1.29, 1.82) is 0 Å². The molecule has 9 heteroatoms. The number of nitrogens with zero attached hydrogens (tertiary/aromatic N) is 3. The van der Waals surface area contributed by atoms with Crippen LogP contribution in [0.15, 0.2) is 73.1 Å². The molecule has 0 unspecified atom stereocenters. The van der Waals surface area contributed by atoms with E-state index in [1.165, 1.54) is 0 Å². The lowest BCUT2D eigenvalue weighted by molar-refractivity contribution is 0.102. The zero-order valence-electron chi connectivity index (χ0n) is 19.5. The van der Waals surface area contributed by atoms with Crippen molar-refractivity contribution in [2.75, 3.05) is 23.7 Å². The Bertz CT molecular complexity index is 1530. The number of hydrogen-bond donors (Lipinski definition) is 4. The molecule has 5 aromatic rings. The molecule has 1 aliphatic rings. The number of nitrogens with one attached hydrogen (secondary N) is 4. The molecule has 0 saturated carbocycles. The smallest absolute Gasteiger partial charge is 0.256 e. The van der Waals surface area contributed by atoms with Crippen LogP contribution in [0.2, 0.25) is 0 Å². The lowest BCUT2D eigenvalue weighted by Gasteiger charge is -2.24. The maximum atomic E-state index is 13.1. The lowest BCUT2D eigenvalue weighted by atomic mass is 10.1. The van der Waals surface area contributed by atoms with Crippen LogP contribution in [0.5, 0.6) is 5.75 Å². The Kier molecular flexibility index (Phi) is 5.88. The average molecular weight is 480 g/mol. The molecule has 1 amide bonds. The molecule has 3 aromatic carbocycles. The SMILES string of the molecule is O=C(Nc1ccccc1)c1cc(Nc2ncc3cccc(OC4CCNCC4)c3n2)cc2[nH]ncc12. The van der Waals surface area contributed by atoms with Gasteiger partial charge in [0.15, 0.2) is 0 Å². The molecule has 0 aliphatic carbocycles. The molecule has 180 valence electrons. The first-order valence-corrected chi connectivity index (χ1v) is 12.0. The van der Waals surface area contributed by atoms with Gasteiger partial charge in [0, 0.05) is 28.3 Å². The highest BCUT2D eigenvalue weighted by atomic mass is 16.5. The van der Waals surface area contributed by atoms with Crippen LogP contribution >= 0.6 is 0 Å². The number of aromatic amines is 1. The number of carbonyl (C=O) groups excluding carboxylic acids is 1. The largest absolute Gasteiger partial charge is 0.488 e. The number of rotatable bonds is 6. The summed E-state index contributed by atoms with van der Waals surface area (Å²) in [5.41, 5.74) is 3.35. The Hall–Kier alpha value is -4.50. The Morgan fingerprint density at radius 1 is 0.972 bits per heavy atom. The summed E-state index contributed by atoms with van der Waals surface area (Å²) >= 11 is 0. The Morgan fingerprint density at radius 3 is 2.69 bits per heavy atom. The standard InChI is InChI=1S/C27H25N7O2/c35-26(31-18-6-2-1-3-7-18)21-13-19(14-23-22(21)16-30-34-23)32-27-29-15-17-5-4-8-24(25(17)33-27)36-20-9-11-28-12-10-20/h1-8,13-16,20,28H,9-12H2,(H,30,34)(H,31,35)(H,29,32,33). The second-order valence-corrected chi connectivity index (χ2v) is 8.75. The van der Waals surface area contributed by atoms with Crippen LogP contribution < -0.4 is 20.7 Å². The van der Waals surface area contributed by atoms with E-state index in [-0.39, 0.29) is 12.0 Å². The van der Waals surface area contributed by atoms with Crippen LogP contribution in [0.4, 0.5) is 17.3 Å². The van der Waals surface area contributed by atoms with Crippen LogP contribution in [0, 0.1) is 0 Å². The Labute approximate surface area is 207 Å². The van der Waals surface area contributed by atoms with Crippen LogP contribution in [-0.4, -0.2) is 45.3 Å². The highest BCUT2D eigenvalue weighted by Gasteiger charge is 2.17. The van der Waals surface area contributed by atoms with Crippen molar-refractivity contribution in [2.24, 2.45) is 0 Å². The number of benzene rings is 3. The van der Waals surface area contributed by atoms with Crippen molar-refractivity contribution in [2.45, 2.75) is 18.9 Å². The molecule has 3 heterocycles. The number of amides is 1. The number of fused-ring (bicyclic) bond motifs is 2. The average Bonchev–Trinajstić information content (AvgIpc) is 3.38. The summed E-state index contributed by atoms with van der Waals surface area (Å²) in [6.07, 6.45) is 5.51. The summed E-state index contributed by atoms with van der Waals surface area (Å²) in [7, 11) is 0. The van der Waals surface area contributed by atoms with Crippen LogP contribution in [0.25, 0.3) is 21.8 Å². The van der Waals surface area contributed by atoms with Gasteiger partial charge >= 0.3 is 0 Å². The molecule has 6 rings (SSSR count). The van der Waals surface area contributed by atoms with Gasteiger partial charge in [0.25, 0.3) is 5.91 Å². The molecular weight excluding hydrogens is 454 g/mol. The summed E-state index contributed by atoms with van der Waals surface area (Å²) in [4.78, 5) is 22.3. The van der Waals surface area contributed by atoms with Crippen LogP contribution in [0.3, 0.4) is 0 Å². The minimum Gasteiger partial charge on any atom is -0.488 e. The number of aromatic nitrogens is 4. The molecule has 0 radical (unpaired) electrons. The third-order valence-corrected chi connectivity index (χ3v) is 6.24. The van der Waals surface area contributed by atoms with Crippen molar-refractivity contribution in [3.05, 3.63) is 78.6 Å². The van der Waals surface area contributed by atoms with Gasteiger partial charge in [0.1, 0.15) is 17.4 Å². The van der Waals surface area contributed by atoms with E-state index in [4.69, 9.17) is 9.72 Å². The van der Waals surface area contributed by atoms with Crippen LogP contribution in [-0.2, 0) is 0 Å². The number of piperidine rings is 1. The van der Waals surface area contributed by atoms with Crippen LogP contribution in [0.1, 0.15) is 23.2 Å². The monoisotopic (exact) mass is 479 g/mol. The molecular formula is C27H25N7O2. The first kappa shape index (κ1) is 22.0. The summed E-state index contributed by atoms with van der Waals surface area (Å²) in [5, 5.41) is 18.3. The van der Waals surface area contributed by atoms with E-state index in [0.29, 0.717) is 17.2 Å². The highest BCUT2D eigenvalue weighted by Crippen LogP contribution is 2.29. The van der Waals surface area contributed by atoms with Crippen molar-refractivity contribution < 1.29 is 9.53 Å². The van der Waals surface area contributed by atoms with Gasteiger partial charge in [-0.1, -0.05) is 30.3 Å². The zero-order chi connectivity index (χ0) is 24.3. The fourth-order valence-corrected chi connectivity index (χ4v) is 4.44. The molecule has 1 aliphatic heterocycles. The fourth-order valence-electron chi connectivity index (χ4n) is 4.44. The number of anilines is 3. The molecule has 1 fully saturated rings. The first-order chi connectivity index (χ1) is 17.7. The molecule has 0 spiro atoms. The molecule has 1 saturated heterocycles. The summed E-state index contributed by atoms with van der Waals surface area (Å²) in [5.74, 6) is 0.933. The van der Waals surface area contributed by atoms with Gasteiger partial charge in [-0.15, -0.1) is 0 Å². The number of carbonyl (C=O) groups is 1. The number of ether oxygens (including phenoxy) is 1. The third-order valence-electron chi connectivity index (χ3n) is 6.24. The summed E-state index contributed by atoms with van der Waals surface area (Å²) in [6, 6.07) is 18.9. The maximum absolute atomic E-state index is 13.1. The molecule has 4 N–H and O–H groups in total. The topological polar surface area (TPSA) is 117 Å². The van der Waals surface area contributed by atoms with E-state index in [1.54, 1.807) is 18.5 Å². The molecule has 2 aromatic heterocycles. The predicted molar refractivity (Wildman–Crippen MR) is 140 cm³/mol. The van der Waals surface area contributed by atoms with Gasteiger partial charge in [0.05, 0.1) is 17.3 Å². The van der Waals surface area contributed by atoms with E-state index in [2.05, 4.69) is 31.1 Å². The van der Waals surface area contributed by atoms with Crippen molar-refractivity contribution in [3.63, 3.8) is 0 Å². The highest BCUT2D eigenvalue weighted by molar-refractivity contribution is 6.13. The minimum absolute atomic E-state index is 0.164. The lowest BCUT2D eigenvalue weighted by Crippen LogP contribution is -2.34. The maximum Gasteiger partial charge on any atom is 0.256 e. The van der Waals surface area contributed by atoms with Crippen molar-refractivity contribution >= 4 is 45.0 Å². The van der Waals surface area contributed by atoms with Gasteiger partial charge in [-0.25, -0.2) is 9.97 Å². The summed E-state index contributed by atoms with van der Waals surface area (Å²) < 4.78 is 6.30. The zero-order valence-corrected chi connectivity index (χ0v) is 19.5. The predicted octanol–water partition coefficient (Wildman–Crippen LogP) is 4.63. The Morgan fingerprint density at radius 2 is 1.83 bits per heavy atom. The quantitative estimate of drug-likeness (QED) is 0.280. The third kappa shape index (κ3) is 4.56. The van der Waals surface area contributed by atoms with Crippen molar-refractivity contribution in [1.82, 2.24) is 25.5 Å².